The third-order valence-corrected chi connectivity index (χ3v) is 3.82. The van der Waals surface area contributed by atoms with Gasteiger partial charge in [-0.2, -0.15) is 5.10 Å². The first-order valence-corrected chi connectivity index (χ1v) is 6.95. The first kappa shape index (κ1) is 13.6. The van der Waals surface area contributed by atoms with E-state index in [9.17, 15) is 9.18 Å². The number of benzene rings is 1. The minimum atomic E-state index is -0.233. The topological polar surface area (TPSA) is 52.2 Å². The second-order valence-electron chi connectivity index (χ2n) is 5.16. The van der Waals surface area contributed by atoms with Crippen LogP contribution in [0.25, 0.3) is 0 Å². The van der Waals surface area contributed by atoms with Gasteiger partial charge in [0.2, 0.25) is 0 Å². The average molecular weight is 288 g/mol. The van der Waals surface area contributed by atoms with Crippen molar-refractivity contribution in [2.24, 2.45) is 0 Å². The summed E-state index contributed by atoms with van der Waals surface area (Å²) in [6, 6.07) is 6.46. The number of rotatable bonds is 2. The molecule has 21 heavy (non-hydrogen) atoms. The predicted octanol–water partition coefficient (Wildman–Crippen LogP) is 1.82. The van der Waals surface area contributed by atoms with Gasteiger partial charge in [0.15, 0.2) is 0 Å². The standard InChI is InChI=1S/C15H17FN4O/c1-11-14(10-17-18-11)15(21)20-8-6-19(7-9-20)13-4-2-12(16)3-5-13/h2-5,10H,6-9H2,1H3,(H,17,18). The highest BCUT2D eigenvalue weighted by atomic mass is 19.1. The fraction of sp³-hybridized carbons (Fsp3) is 0.333. The molecule has 2 heterocycles. The van der Waals surface area contributed by atoms with Crippen molar-refractivity contribution in [2.45, 2.75) is 6.92 Å². The quantitative estimate of drug-likeness (QED) is 0.917. The maximum Gasteiger partial charge on any atom is 0.257 e. The van der Waals surface area contributed by atoms with Gasteiger partial charge in [-0.3, -0.25) is 9.89 Å². The Morgan fingerprint density at radius 3 is 2.43 bits per heavy atom. The summed E-state index contributed by atoms with van der Waals surface area (Å²) >= 11 is 0. The Balaban J connectivity index is 1.64. The molecule has 1 amide bonds. The molecule has 1 fully saturated rings. The molecule has 1 aromatic heterocycles. The van der Waals surface area contributed by atoms with Crippen molar-refractivity contribution in [1.82, 2.24) is 15.1 Å². The fourth-order valence-electron chi connectivity index (χ4n) is 2.56. The van der Waals surface area contributed by atoms with Gasteiger partial charge in [-0.15, -0.1) is 0 Å². The van der Waals surface area contributed by atoms with Crippen LogP contribution in [0, 0.1) is 12.7 Å². The molecule has 110 valence electrons. The number of aryl methyl sites for hydroxylation is 1. The number of carbonyl (C=O) groups excluding carboxylic acids is 1. The zero-order valence-corrected chi connectivity index (χ0v) is 11.8. The van der Waals surface area contributed by atoms with Crippen molar-refractivity contribution in [1.29, 1.82) is 0 Å². The van der Waals surface area contributed by atoms with E-state index in [1.54, 1.807) is 18.3 Å². The summed E-state index contributed by atoms with van der Waals surface area (Å²) in [7, 11) is 0. The van der Waals surface area contributed by atoms with Crippen LogP contribution < -0.4 is 4.90 Å². The van der Waals surface area contributed by atoms with Crippen LogP contribution in [0.5, 0.6) is 0 Å². The summed E-state index contributed by atoms with van der Waals surface area (Å²) < 4.78 is 12.9. The van der Waals surface area contributed by atoms with Crippen molar-refractivity contribution in [3.63, 3.8) is 0 Å². The van der Waals surface area contributed by atoms with Gasteiger partial charge in [0.25, 0.3) is 5.91 Å². The lowest BCUT2D eigenvalue weighted by molar-refractivity contribution is 0.0746. The van der Waals surface area contributed by atoms with Crippen molar-refractivity contribution in [3.05, 3.63) is 47.5 Å². The molecule has 0 aliphatic carbocycles. The highest BCUT2D eigenvalue weighted by Gasteiger charge is 2.24. The van der Waals surface area contributed by atoms with Crippen LogP contribution in [0.3, 0.4) is 0 Å². The number of carbonyl (C=O) groups is 1. The Morgan fingerprint density at radius 2 is 1.86 bits per heavy atom. The van der Waals surface area contributed by atoms with Gasteiger partial charge < -0.3 is 9.80 Å². The van der Waals surface area contributed by atoms with E-state index < -0.39 is 0 Å². The smallest absolute Gasteiger partial charge is 0.257 e. The molecular formula is C15H17FN4O. The largest absolute Gasteiger partial charge is 0.368 e. The average Bonchev–Trinajstić information content (AvgIpc) is 2.94. The molecule has 0 saturated carbocycles. The van der Waals surface area contributed by atoms with Crippen LogP contribution in [0.1, 0.15) is 16.1 Å². The second kappa shape index (κ2) is 5.55. The molecule has 5 nitrogen and oxygen atoms in total. The Bertz CT molecular complexity index is 629. The molecule has 0 atom stereocenters. The molecule has 1 N–H and O–H groups in total. The minimum absolute atomic E-state index is 0.0139. The first-order chi connectivity index (χ1) is 10.1. The van der Waals surface area contributed by atoms with Gasteiger partial charge in [0, 0.05) is 37.6 Å². The van der Waals surface area contributed by atoms with Gasteiger partial charge in [-0.1, -0.05) is 0 Å². The van der Waals surface area contributed by atoms with Crippen molar-refractivity contribution < 1.29 is 9.18 Å². The number of piperazine rings is 1. The maximum atomic E-state index is 12.9. The molecule has 1 aliphatic heterocycles. The molecule has 1 aromatic carbocycles. The molecule has 2 aromatic rings. The normalized spacial score (nSPS) is 15.3. The molecule has 0 bridgehead atoms. The van der Waals surface area contributed by atoms with E-state index in [0.717, 1.165) is 24.5 Å². The van der Waals surface area contributed by atoms with E-state index in [1.807, 2.05) is 11.8 Å². The monoisotopic (exact) mass is 288 g/mol. The second-order valence-corrected chi connectivity index (χ2v) is 5.16. The lowest BCUT2D eigenvalue weighted by atomic mass is 10.2. The van der Waals surface area contributed by atoms with Gasteiger partial charge in [-0.25, -0.2) is 4.39 Å². The zero-order valence-electron chi connectivity index (χ0n) is 11.8. The number of nitrogens with one attached hydrogen (secondary N) is 1. The third-order valence-electron chi connectivity index (χ3n) is 3.82. The van der Waals surface area contributed by atoms with Gasteiger partial charge in [0.1, 0.15) is 5.82 Å². The van der Waals surface area contributed by atoms with Crippen LogP contribution >= 0.6 is 0 Å². The fourth-order valence-corrected chi connectivity index (χ4v) is 2.56. The van der Waals surface area contributed by atoms with E-state index >= 15 is 0 Å². The molecule has 1 aliphatic rings. The predicted molar refractivity (Wildman–Crippen MR) is 77.8 cm³/mol. The first-order valence-electron chi connectivity index (χ1n) is 6.95. The van der Waals surface area contributed by atoms with E-state index in [4.69, 9.17) is 0 Å². The third kappa shape index (κ3) is 2.74. The zero-order chi connectivity index (χ0) is 14.8. The van der Waals surface area contributed by atoms with Crippen LogP contribution in [-0.4, -0.2) is 47.2 Å². The number of halogens is 1. The number of H-pyrrole nitrogens is 1. The number of aromatic amines is 1. The van der Waals surface area contributed by atoms with Crippen LogP contribution in [0.2, 0.25) is 0 Å². The van der Waals surface area contributed by atoms with Crippen LogP contribution in [0.15, 0.2) is 30.5 Å². The molecule has 0 unspecified atom stereocenters. The van der Waals surface area contributed by atoms with E-state index in [2.05, 4.69) is 15.1 Å². The molecule has 0 radical (unpaired) electrons. The summed E-state index contributed by atoms with van der Waals surface area (Å²) in [5.41, 5.74) is 2.41. The number of hydrogen-bond donors (Lipinski definition) is 1. The molecule has 1 saturated heterocycles. The molecule has 6 heteroatoms. The Morgan fingerprint density at radius 1 is 1.19 bits per heavy atom. The van der Waals surface area contributed by atoms with E-state index in [1.165, 1.54) is 12.1 Å². The maximum absolute atomic E-state index is 12.9. The van der Waals surface area contributed by atoms with Crippen molar-refractivity contribution in [2.75, 3.05) is 31.1 Å². The number of hydrogen-bond acceptors (Lipinski definition) is 3. The van der Waals surface area contributed by atoms with Gasteiger partial charge in [-0.05, 0) is 31.2 Å². The summed E-state index contributed by atoms with van der Waals surface area (Å²) in [4.78, 5) is 16.4. The lowest BCUT2D eigenvalue weighted by Crippen LogP contribution is -2.48. The Kier molecular flexibility index (Phi) is 3.60. The Labute approximate surface area is 122 Å². The highest BCUT2D eigenvalue weighted by molar-refractivity contribution is 5.95. The van der Waals surface area contributed by atoms with E-state index in [-0.39, 0.29) is 11.7 Å². The van der Waals surface area contributed by atoms with Crippen molar-refractivity contribution in [3.8, 4) is 0 Å². The summed E-state index contributed by atoms with van der Waals surface area (Å²) in [6.07, 6.45) is 1.57. The SMILES string of the molecule is Cc1[nH]ncc1C(=O)N1CCN(c2ccc(F)cc2)CC1. The lowest BCUT2D eigenvalue weighted by Gasteiger charge is -2.36. The number of aromatic nitrogens is 2. The summed E-state index contributed by atoms with van der Waals surface area (Å²) in [5.74, 6) is -0.219. The van der Waals surface area contributed by atoms with Gasteiger partial charge in [0.05, 0.1) is 11.8 Å². The Hall–Kier alpha value is -2.37. The summed E-state index contributed by atoms with van der Waals surface area (Å²) in [6.45, 7) is 4.64. The molecular weight excluding hydrogens is 271 g/mol. The number of anilines is 1. The highest BCUT2D eigenvalue weighted by Crippen LogP contribution is 2.18. The van der Waals surface area contributed by atoms with Crippen molar-refractivity contribution >= 4 is 11.6 Å². The molecule has 3 rings (SSSR count). The number of amides is 1. The number of nitrogens with zero attached hydrogens (tertiary/aromatic N) is 3. The van der Waals surface area contributed by atoms with Gasteiger partial charge >= 0.3 is 0 Å². The summed E-state index contributed by atoms with van der Waals surface area (Å²) in [5, 5.41) is 6.68. The van der Waals surface area contributed by atoms with Crippen LogP contribution in [-0.2, 0) is 0 Å². The van der Waals surface area contributed by atoms with E-state index in [0.29, 0.717) is 18.7 Å². The molecule has 0 spiro atoms. The minimum Gasteiger partial charge on any atom is -0.368 e. The van der Waals surface area contributed by atoms with Crippen LogP contribution in [0.4, 0.5) is 10.1 Å².